The molecule has 0 aromatic carbocycles. The van der Waals surface area contributed by atoms with Crippen molar-refractivity contribution in [3.8, 4) is 12.3 Å². The molecule has 1 aliphatic rings. The van der Waals surface area contributed by atoms with E-state index in [1.165, 1.54) is 24.4 Å². The van der Waals surface area contributed by atoms with Crippen LogP contribution < -0.4 is 37.4 Å². The molecular formula is C27H32N8O7S. The number of thiophene rings is 1. The molecule has 15 nitrogen and oxygen atoms in total. The van der Waals surface area contributed by atoms with Crippen LogP contribution >= 0.6 is 11.3 Å². The number of hydrogen-bond acceptors (Lipinski definition) is 11. The number of imide groups is 1. The van der Waals surface area contributed by atoms with Gasteiger partial charge < -0.3 is 26.0 Å². The van der Waals surface area contributed by atoms with Crippen molar-refractivity contribution in [2.45, 2.75) is 51.2 Å². The molecule has 0 saturated carbocycles. The number of ether oxygens (including phenoxy) is 1. The molecule has 0 aliphatic carbocycles. The van der Waals surface area contributed by atoms with E-state index >= 15 is 0 Å². The van der Waals surface area contributed by atoms with Gasteiger partial charge >= 0.3 is 6.09 Å². The standard InChI is InChI=1S/C27H32N8O7S/c1-4-12-29-24(40)18(8-11-27(3)34-35-27)30-20(36)6-7-21(37)31-19-15-16(9-13-28-19)22(38)32-25-17(10-14-43-25)23(39)33-26(41)42-5-2/h1,9-10,13-15,18,34-35H,5-8,11-12H2,2-3H3,(H,29,40)(H,30,36)(H,32,38)(H,28,31,37)(H,33,39,41)/t18-/m0/s1. The number of terminal acetylenes is 1. The fourth-order valence-corrected chi connectivity index (χ4v) is 4.40. The minimum Gasteiger partial charge on any atom is -0.450 e. The lowest BCUT2D eigenvalue weighted by Gasteiger charge is -2.19. The number of aromatic nitrogens is 1. The molecule has 1 fully saturated rings. The number of carbonyl (C=O) groups excluding carboxylic acids is 6. The molecule has 2 aromatic heterocycles. The lowest BCUT2D eigenvalue weighted by Crippen LogP contribution is -2.47. The maximum absolute atomic E-state index is 12.8. The second-order valence-corrected chi connectivity index (χ2v) is 10.3. The van der Waals surface area contributed by atoms with Gasteiger partial charge in [-0.25, -0.2) is 20.6 Å². The Kier molecular flexibility index (Phi) is 11.7. The summed E-state index contributed by atoms with van der Waals surface area (Å²) in [4.78, 5) is 78.2. The van der Waals surface area contributed by atoms with Crippen molar-refractivity contribution in [1.82, 2.24) is 31.8 Å². The molecule has 3 rings (SSSR count). The predicted molar refractivity (Wildman–Crippen MR) is 157 cm³/mol. The van der Waals surface area contributed by atoms with Crippen LogP contribution in [-0.4, -0.2) is 65.5 Å². The van der Waals surface area contributed by atoms with E-state index in [-0.39, 0.29) is 53.6 Å². The topological polar surface area (TPSA) is 229 Å². The van der Waals surface area contributed by atoms with Gasteiger partial charge in [-0.1, -0.05) is 5.92 Å². The van der Waals surface area contributed by atoms with Crippen LogP contribution in [0.3, 0.4) is 0 Å². The molecule has 43 heavy (non-hydrogen) atoms. The monoisotopic (exact) mass is 612 g/mol. The number of amides is 6. The van der Waals surface area contributed by atoms with E-state index in [2.05, 4.69) is 48.3 Å². The van der Waals surface area contributed by atoms with Crippen LogP contribution in [-0.2, 0) is 19.1 Å². The van der Waals surface area contributed by atoms with E-state index in [0.717, 1.165) is 11.3 Å². The zero-order chi connectivity index (χ0) is 31.4. The molecule has 7 N–H and O–H groups in total. The van der Waals surface area contributed by atoms with Gasteiger partial charge in [-0.15, -0.1) is 17.8 Å². The smallest absolute Gasteiger partial charge is 0.414 e. The fraction of sp³-hybridized carbons (Fsp3) is 0.370. The molecule has 1 atom stereocenters. The summed E-state index contributed by atoms with van der Waals surface area (Å²) in [5.41, 5.74) is 5.81. The van der Waals surface area contributed by atoms with Gasteiger partial charge in [0.05, 0.1) is 24.4 Å². The third kappa shape index (κ3) is 10.5. The summed E-state index contributed by atoms with van der Waals surface area (Å²) in [5, 5.41) is 14.2. The number of hydrazine groups is 1. The number of alkyl carbamates (subject to hydrolysis) is 1. The van der Waals surface area contributed by atoms with Crippen molar-refractivity contribution in [1.29, 1.82) is 0 Å². The van der Waals surface area contributed by atoms with Crippen molar-refractivity contribution >= 4 is 57.8 Å². The Hall–Kier alpha value is -4.85. The van der Waals surface area contributed by atoms with Crippen LogP contribution in [0.25, 0.3) is 0 Å². The largest absolute Gasteiger partial charge is 0.450 e. The van der Waals surface area contributed by atoms with E-state index in [1.54, 1.807) is 12.3 Å². The lowest BCUT2D eigenvalue weighted by molar-refractivity contribution is -0.129. The van der Waals surface area contributed by atoms with Crippen molar-refractivity contribution in [3.05, 3.63) is 40.9 Å². The number of pyridine rings is 1. The van der Waals surface area contributed by atoms with Crippen LogP contribution in [0.4, 0.5) is 15.6 Å². The van der Waals surface area contributed by atoms with Gasteiger partial charge in [-0.05, 0) is 50.3 Å². The van der Waals surface area contributed by atoms with Gasteiger partial charge in [-0.3, -0.25) is 29.3 Å². The van der Waals surface area contributed by atoms with Crippen molar-refractivity contribution in [2.75, 3.05) is 23.8 Å². The number of rotatable bonds is 14. The van der Waals surface area contributed by atoms with Gasteiger partial charge in [0.25, 0.3) is 11.8 Å². The van der Waals surface area contributed by atoms with E-state index in [1.807, 2.05) is 6.92 Å². The third-order valence-corrected chi connectivity index (χ3v) is 6.83. The molecule has 1 aliphatic heterocycles. The van der Waals surface area contributed by atoms with Gasteiger partial charge in [0.15, 0.2) is 0 Å². The highest BCUT2D eigenvalue weighted by atomic mass is 32.1. The second-order valence-electron chi connectivity index (χ2n) is 9.43. The SMILES string of the molecule is C#CCNC(=O)[C@H](CCC1(C)NN1)NC(=O)CCC(=O)Nc1cc(C(=O)Nc2sccc2C(=O)NC(=O)OCC)ccn1. The molecule has 1 saturated heterocycles. The van der Waals surface area contributed by atoms with Crippen molar-refractivity contribution in [2.24, 2.45) is 0 Å². The molecule has 0 spiro atoms. The van der Waals surface area contributed by atoms with Gasteiger partial charge in [0.2, 0.25) is 17.7 Å². The lowest BCUT2D eigenvalue weighted by atomic mass is 10.0. The Bertz CT molecular complexity index is 1420. The highest BCUT2D eigenvalue weighted by molar-refractivity contribution is 7.14. The van der Waals surface area contributed by atoms with Gasteiger partial charge in [0.1, 0.15) is 16.9 Å². The van der Waals surface area contributed by atoms with Crippen molar-refractivity contribution in [3.63, 3.8) is 0 Å². The summed E-state index contributed by atoms with van der Waals surface area (Å²) in [6, 6.07) is 3.34. The van der Waals surface area contributed by atoms with E-state index in [4.69, 9.17) is 11.2 Å². The number of nitrogens with one attached hydrogen (secondary N) is 7. The van der Waals surface area contributed by atoms with E-state index < -0.39 is 41.7 Å². The van der Waals surface area contributed by atoms with Gasteiger partial charge in [0, 0.05) is 24.6 Å². The zero-order valence-electron chi connectivity index (χ0n) is 23.5. The summed E-state index contributed by atoms with van der Waals surface area (Å²) in [6.45, 7) is 3.61. The Labute approximate surface area is 251 Å². The highest BCUT2D eigenvalue weighted by Crippen LogP contribution is 2.24. The van der Waals surface area contributed by atoms with Crippen LogP contribution in [0.1, 0.15) is 60.2 Å². The Balaban J connectivity index is 1.52. The Morgan fingerprint density at radius 2 is 1.84 bits per heavy atom. The van der Waals surface area contributed by atoms with Crippen LogP contribution in [0.2, 0.25) is 0 Å². The first-order valence-corrected chi connectivity index (χ1v) is 14.1. The zero-order valence-corrected chi connectivity index (χ0v) is 24.3. The molecule has 0 unspecified atom stereocenters. The Morgan fingerprint density at radius 3 is 2.53 bits per heavy atom. The number of hydrogen-bond donors (Lipinski definition) is 7. The fourth-order valence-electron chi connectivity index (χ4n) is 3.62. The highest BCUT2D eigenvalue weighted by Gasteiger charge is 2.37. The molecule has 16 heteroatoms. The second kappa shape index (κ2) is 15.4. The molecule has 6 amide bonds. The van der Waals surface area contributed by atoms with E-state index in [0.29, 0.717) is 12.8 Å². The predicted octanol–water partition coefficient (Wildman–Crippen LogP) is 0.839. The summed E-state index contributed by atoms with van der Waals surface area (Å²) in [6.07, 6.45) is 6.09. The number of carbonyl (C=O) groups is 6. The quantitative estimate of drug-likeness (QED) is 0.117. The molecule has 228 valence electrons. The maximum atomic E-state index is 12.8. The summed E-state index contributed by atoms with van der Waals surface area (Å²) >= 11 is 1.07. The third-order valence-electron chi connectivity index (χ3n) is 6.00. The van der Waals surface area contributed by atoms with Crippen LogP contribution in [0.5, 0.6) is 0 Å². The molecule has 0 bridgehead atoms. The normalized spacial score (nSPS) is 13.4. The average molecular weight is 613 g/mol. The van der Waals surface area contributed by atoms with Crippen LogP contribution in [0.15, 0.2) is 29.8 Å². The number of anilines is 2. The van der Waals surface area contributed by atoms with Gasteiger partial charge in [-0.2, -0.15) is 0 Å². The summed E-state index contributed by atoms with van der Waals surface area (Å²) in [7, 11) is 0. The molecule has 3 heterocycles. The summed E-state index contributed by atoms with van der Waals surface area (Å²) < 4.78 is 4.69. The summed E-state index contributed by atoms with van der Waals surface area (Å²) in [5.74, 6) is -0.427. The molecule has 2 aromatic rings. The molecule has 0 radical (unpaired) electrons. The van der Waals surface area contributed by atoms with Crippen LogP contribution in [0, 0.1) is 12.3 Å². The van der Waals surface area contributed by atoms with E-state index in [9.17, 15) is 28.8 Å². The first-order valence-electron chi connectivity index (χ1n) is 13.2. The molecular weight excluding hydrogens is 580 g/mol. The maximum Gasteiger partial charge on any atom is 0.414 e. The average Bonchev–Trinajstić information content (AvgIpc) is 3.53. The minimum absolute atomic E-state index is 0.0186. The first-order chi connectivity index (χ1) is 20.5. The first kappa shape index (κ1) is 32.7. The van der Waals surface area contributed by atoms with Crippen molar-refractivity contribution < 1.29 is 33.5 Å². The minimum atomic E-state index is -0.911. The number of nitrogens with zero attached hydrogens (tertiary/aromatic N) is 1. The Morgan fingerprint density at radius 1 is 1.09 bits per heavy atom.